The number of hydrogen-bond donors (Lipinski definition) is 0. The summed E-state index contributed by atoms with van der Waals surface area (Å²) in [6.45, 7) is 6.50. The van der Waals surface area contributed by atoms with Crippen molar-refractivity contribution in [2.75, 3.05) is 13.2 Å². The van der Waals surface area contributed by atoms with Gasteiger partial charge in [-0.05, 0) is 109 Å². The molecule has 0 aromatic rings. The van der Waals surface area contributed by atoms with E-state index in [1.54, 1.807) is 0 Å². The van der Waals surface area contributed by atoms with Crippen LogP contribution < -0.4 is 0 Å². The Bertz CT molecular complexity index is 1690. The molecule has 6 heteroatoms. The van der Waals surface area contributed by atoms with Crippen molar-refractivity contribution >= 4 is 17.9 Å². The van der Waals surface area contributed by atoms with Gasteiger partial charge < -0.3 is 14.2 Å². The topological polar surface area (TPSA) is 78.9 Å². The summed E-state index contributed by atoms with van der Waals surface area (Å²) in [4.78, 5) is 38.4. The van der Waals surface area contributed by atoms with Gasteiger partial charge in [-0.15, -0.1) is 0 Å². The fourth-order valence-corrected chi connectivity index (χ4v) is 9.56. The lowest BCUT2D eigenvalue weighted by Gasteiger charge is -2.18. The van der Waals surface area contributed by atoms with Gasteiger partial charge in [-0.25, -0.2) is 0 Å². The Morgan fingerprint density at radius 3 is 0.805 bits per heavy atom. The van der Waals surface area contributed by atoms with Crippen molar-refractivity contribution in [2.45, 2.75) is 329 Å². The number of carbonyl (C=O) groups excluding carboxylic acids is 3. The quantitative estimate of drug-likeness (QED) is 0.0261. The van der Waals surface area contributed by atoms with Gasteiger partial charge in [-0.3, -0.25) is 14.4 Å². The lowest BCUT2D eigenvalue weighted by atomic mass is 10.0. The second-order valence-corrected chi connectivity index (χ2v) is 22.7. The molecule has 0 aromatic carbocycles. The molecule has 0 saturated heterocycles. The van der Waals surface area contributed by atoms with Crippen LogP contribution in [0.3, 0.4) is 0 Å². The van der Waals surface area contributed by atoms with E-state index in [0.29, 0.717) is 19.3 Å². The van der Waals surface area contributed by atoms with Crippen LogP contribution in [-0.2, 0) is 28.6 Å². The summed E-state index contributed by atoms with van der Waals surface area (Å²) in [5, 5.41) is 0. The standard InChI is InChI=1S/C76H128O6/c1-4-7-10-13-16-19-22-25-28-31-33-34-35-36-37-38-39-40-41-42-44-45-48-51-54-57-60-63-66-69-75(78)81-72-73(71-80-74(77)68-65-62-59-56-53-50-47-30-27-24-21-18-15-12-9-6-3)82-76(79)70-67-64-61-58-55-52-49-46-43-32-29-26-23-20-17-14-11-8-5-2/h7,10,16,19,25,28,30,33-34,36-37,39-40,42,44,47-48,51,57,60,73H,4-6,8-9,11-15,17-18,20-24,26-27,29,31-32,35,38,41,43,45-46,49-50,52-56,58-59,61-72H2,1-3H3/b10-7-,19-16-,28-25-,34-33-,37-36-,40-39-,44-42-,47-30-,51-48-,60-57-. The van der Waals surface area contributed by atoms with Gasteiger partial charge in [0.1, 0.15) is 13.2 Å². The van der Waals surface area contributed by atoms with E-state index in [2.05, 4.69) is 142 Å². The largest absolute Gasteiger partial charge is 0.462 e. The summed E-state index contributed by atoms with van der Waals surface area (Å²) in [7, 11) is 0. The molecule has 468 valence electrons. The van der Waals surface area contributed by atoms with Crippen LogP contribution in [0.2, 0.25) is 0 Å². The Morgan fingerprint density at radius 1 is 0.256 bits per heavy atom. The van der Waals surface area contributed by atoms with E-state index in [1.807, 2.05) is 0 Å². The second kappa shape index (κ2) is 69.3. The van der Waals surface area contributed by atoms with Crippen LogP contribution in [0.4, 0.5) is 0 Å². The molecule has 0 rings (SSSR count). The van der Waals surface area contributed by atoms with Gasteiger partial charge in [0.25, 0.3) is 0 Å². The van der Waals surface area contributed by atoms with Crippen molar-refractivity contribution in [3.8, 4) is 0 Å². The third-order valence-electron chi connectivity index (χ3n) is 14.7. The summed E-state index contributed by atoms with van der Waals surface area (Å²) in [5.41, 5.74) is 0. The van der Waals surface area contributed by atoms with Crippen LogP contribution in [0.5, 0.6) is 0 Å². The average Bonchev–Trinajstić information content (AvgIpc) is 3.47. The number of rotatable bonds is 62. The van der Waals surface area contributed by atoms with Crippen LogP contribution in [0.15, 0.2) is 122 Å². The molecule has 1 atom stereocenters. The highest BCUT2D eigenvalue weighted by atomic mass is 16.6. The van der Waals surface area contributed by atoms with Gasteiger partial charge in [-0.1, -0.05) is 316 Å². The fourth-order valence-electron chi connectivity index (χ4n) is 9.56. The molecule has 0 saturated carbocycles. The van der Waals surface area contributed by atoms with E-state index in [0.717, 1.165) is 109 Å². The molecule has 0 aliphatic rings. The molecule has 6 nitrogen and oxygen atoms in total. The third-order valence-corrected chi connectivity index (χ3v) is 14.7. The van der Waals surface area contributed by atoms with E-state index in [9.17, 15) is 14.4 Å². The fraction of sp³-hybridized carbons (Fsp3) is 0.697. The monoisotopic (exact) mass is 1140 g/mol. The predicted octanol–water partition coefficient (Wildman–Crippen LogP) is 23.9. The second-order valence-electron chi connectivity index (χ2n) is 22.7. The Hall–Kier alpha value is -4.19. The molecule has 0 aliphatic heterocycles. The number of esters is 3. The number of carbonyl (C=O) groups is 3. The minimum absolute atomic E-state index is 0.0994. The maximum atomic E-state index is 12.9. The van der Waals surface area contributed by atoms with Crippen LogP contribution in [0, 0.1) is 0 Å². The van der Waals surface area contributed by atoms with Crippen molar-refractivity contribution in [2.24, 2.45) is 0 Å². The first-order valence-corrected chi connectivity index (χ1v) is 34.5. The highest BCUT2D eigenvalue weighted by Crippen LogP contribution is 2.17. The van der Waals surface area contributed by atoms with Gasteiger partial charge in [0.2, 0.25) is 0 Å². The van der Waals surface area contributed by atoms with E-state index in [1.165, 1.54) is 167 Å². The average molecular weight is 1140 g/mol. The van der Waals surface area contributed by atoms with Gasteiger partial charge in [0.15, 0.2) is 6.10 Å². The van der Waals surface area contributed by atoms with Crippen molar-refractivity contribution in [3.63, 3.8) is 0 Å². The highest BCUT2D eigenvalue weighted by Gasteiger charge is 2.19. The summed E-state index contributed by atoms with van der Waals surface area (Å²) in [6, 6.07) is 0. The highest BCUT2D eigenvalue weighted by molar-refractivity contribution is 5.71. The zero-order valence-corrected chi connectivity index (χ0v) is 53.7. The molecule has 0 amide bonds. The molecule has 0 spiro atoms. The van der Waals surface area contributed by atoms with Crippen molar-refractivity contribution in [1.82, 2.24) is 0 Å². The molecular weight excluding hydrogens is 1010 g/mol. The molecule has 82 heavy (non-hydrogen) atoms. The van der Waals surface area contributed by atoms with Crippen molar-refractivity contribution < 1.29 is 28.6 Å². The molecule has 0 bridgehead atoms. The molecule has 1 unspecified atom stereocenters. The number of hydrogen-bond acceptors (Lipinski definition) is 6. The lowest BCUT2D eigenvalue weighted by Crippen LogP contribution is -2.30. The minimum atomic E-state index is -0.808. The normalized spacial score (nSPS) is 12.9. The van der Waals surface area contributed by atoms with E-state index >= 15 is 0 Å². The summed E-state index contributed by atoms with van der Waals surface area (Å²) in [6.07, 6.45) is 96.5. The minimum Gasteiger partial charge on any atom is -0.462 e. The molecule has 0 N–H and O–H groups in total. The lowest BCUT2D eigenvalue weighted by molar-refractivity contribution is -0.167. The zero-order chi connectivity index (χ0) is 59.2. The molecule has 0 aromatic heterocycles. The third kappa shape index (κ3) is 66.6. The van der Waals surface area contributed by atoms with E-state index in [-0.39, 0.29) is 37.5 Å². The maximum Gasteiger partial charge on any atom is 0.306 e. The SMILES string of the molecule is CC/C=C\C/C=C\C/C=C\C/C=C\C/C=C\C/C=C\C/C=C\C/C=C\C/C=C\CCCC(=O)OCC(COC(=O)CCCCCCC/C=C\CCCCCCCCC)OC(=O)CCCCCCCCCCCCCCCCCCCCC. The smallest absolute Gasteiger partial charge is 0.306 e. The first kappa shape index (κ1) is 77.8. The molecule has 0 heterocycles. The van der Waals surface area contributed by atoms with Crippen LogP contribution in [0.1, 0.15) is 323 Å². The van der Waals surface area contributed by atoms with Crippen LogP contribution in [-0.4, -0.2) is 37.2 Å². The summed E-state index contributed by atoms with van der Waals surface area (Å²) >= 11 is 0. The van der Waals surface area contributed by atoms with Gasteiger partial charge >= 0.3 is 17.9 Å². The molecule has 0 radical (unpaired) electrons. The van der Waals surface area contributed by atoms with E-state index in [4.69, 9.17) is 14.2 Å². The summed E-state index contributed by atoms with van der Waals surface area (Å²) < 4.78 is 16.9. The number of unbranched alkanes of at least 4 members (excludes halogenated alkanes) is 31. The maximum absolute atomic E-state index is 12.9. The van der Waals surface area contributed by atoms with Gasteiger partial charge in [0.05, 0.1) is 0 Å². The Balaban J connectivity index is 4.45. The first-order valence-electron chi connectivity index (χ1n) is 34.5. The zero-order valence-electron chi connectivity index (χ0n) is 53.7. The Morgan fingerprint density at radius 2 is 0.488 bits per heavy atom. The summed E-state index contributed by atoms with van der Waals surface area (Å²) in [5.74, 6) is -0.957. The molecular formula is C76H128O6. The van der Waals surface area contributed by atoms with Crippen molar-refractivity contribution in [3.05, 3.63) is 122 Å². The molecule has 0 aliphatic carbocycles. The Kier molecular flexibility index (Phi) is 65.8. The Labute approximate surface area is 507 Å². The number of ether oxygens (including phenoxy) is 3. The van der Waals surface area contributed by atoms with Crippen LogP contribution >= 0.6 is 0 Å². The van der Waals surface area contributed by atoms with Gasteiger partial charge in [-0.2, -0.15) is 0 Å². The molecule has 0 fully saturated rings. The number of allylic oxidation sites excluding steroid dienone is 20. The van der Waals surface area contributed by atoms with Crippen molar-refractivity contribution in [1.29, 1.82) is 0 Å². The first-order chi connectivity index (χ1) is 40.5. The van der Waals surface area contributed by atoms with Crippen LogP contribution in [0.25, 0.3) is 0 Å². The van der Waals surface area contributed by atoms with Gasteiger partial charge in [0, 0.05) is 19.3 Å². The van der Waals surface area contributed by atoms with E-state index < -0.39 is 6.10 Å². The predicted molar refractivity (Wildman–Crippen MR) is 357 cm³/mol.